The van der Waals surface area contributed by atoms with Crippen molar-refractivity contribution in [1.82, 2.24) is 15.2 Å². The van der Waals surface area contributed by atoms with Crippen LogP contribution in [0.2, 0.25) is 0 Å². The van der Waals surface area contributed by atoms with Crippen LogP contribution < -0.4 is 10.2 Å². The van der Waals surface area contributed by atoms with Crippen molar-refractivity contribution in [1.29, 1.82) is 0 Å². The third-order valence-electron chi connectivity index (χ3n) is 4.75. The monoisotopic (exact) mass is 345 g/mol. The van der Waals surface area contributed by atoms with Crippen LogP contribution in [-0.2, 0) is 6.42 Å². The molecule has 132 valence electrons. The summed E-state index contributed by atoms with van der Waals surface area (Å²) in [6.45, 7) is 5.30. The van der Waals surface area contributed by atoms with Crippen LogP contribution in [0.3, 0.4) is 0 Å². The maximum atomic E-state index is 4.69. The lowest BCUT2D eigenvalue weighted by Gasteiger charge is -2.29. The van der Waals surface area contributed by atoms with E-state index in [-0.39, 0.29) is 0 Å². The van der Waals surface area contributed by atoms with Crippen LogP contribution in [0.25, 0.3) is 0 Å². The van der Waals surface area contributed by atoms with Crippen molar-refractivity contribution in [3.8, 4) is 0 Å². The molecule has 0 spiro atoms. The van der Waals surface area contributed by atoms with Gasteiger partial charge in [0, 0.05) is 17.9 Å². The third-order valence-corrected chi connectivity index (χ3v) is 4.75. The van der Waals surface area contributed by atoms with Crippen LogP contribution in [0.15, 0.2) is 54.7 Å². The fourth-order valence-corrected chi connectivity index (χ4v) is 3.31. The number of benzene rings is 2. The molecular formula is C21H23N5. The highest BCUT2D eigenvalue weighted by molar-refractivity contribution is 5.64. The summed E-state index contributed by atoms with van der Waals surface area (Å²) in [4.78, 5) is 6.84. The highest BCUT2D eigenvalue weighted by Crippen LogP contribution is 2.31. The first-order valence-corrected chi connectivity index (χ1v) is 9.13. The Bertz CT molecular complexity index is 889. The quantitative estimate of drug-likeness (QED) is 0.734. The van der Waals surface area contributed by atoms with Crippen molar-refractivity contribution >= 4 is 23.1 Å². The van der Waals surface area contributed by atoms with Gasteiger partial charge in [-0.3, -0.25) is 0 Å². The van der Waals surface area contributed by atoms with Gasteiger partial charge in [0.15, 0.2) is 5.82 Å². The second-order valence-corrected chi connectivity index (χ2v) is 6.93. The zero-order valence-electron chi connectivity index (χ0n) is 15.2. The summed E-state index contributed by atoms with van der Waals surface area (Å²) >= 11 is 0. The number of aromatic nitrogens is 3. The Kier molecular flexibility index (Phi) is 4.52. The van der Waals surface area contributed by atoms with E-state index >= 15 is 0 Å². The average Bonchev–Trinajstić information content (AvgIpc) is 2.68. The van der Waals surface area contributed by atoms with Crippen molar-refractivity contribution in [3.63, 3.8) is 0 Å². The standard InChI is InChI=1S/C21H23N5/c1-15(2)16-9-11-18(12-10-16)23-20-14-22-25-21(24-20)26-13-5-7-17-6-3-4-8-19(17)26/h3-4,6,8-12,14-15H,5,7,13H2,1-2H3,(H,23,24,25). The number of nitrogens with one attached hydrogen (secondary N) is 1. The van der Waals surface area contributed by atoms with Crippen LogP contribution in [-0.4, -0.2) is 21.7 Å². The fourth-order valence-electron chi connectivity index (χ4n) is 3.31. The smallest absolute Gasteiger partial charge is 0.251 e. The highest BCUT2D eigenvalue weighted by Gasteiger charge is 2.20. The predicted molar refractivity (Wildman–Crippen MR) is 105 cm³/mol. The Labute approximate surface area is 154 Å². The lowest BCUT2D eigenvalue weighted by atomic mass is 10.0. The van der Waals surface area contributed by atoms with E-state index in [1.165, 1.54) is 16.8 Å². The summed E-state index contributed by atoms with van der Waals surface area (Å²) in [6.07, 6.45) is 3.85. The molecule has 0 saturated heterocycles. The van der Waals surface area contributed by atoms with Gasteiger partial charge in [0.25, 0.3) is 5.95 Å². The molecule has 0 amide bonds. The summed E-state index contributed by atoms with van der Waals surface area (Å²) in [7, 11) is 0. The molecule has 4 rings (SSSR count). The maximum absolute atomic E-state index is 4.69. The second-order valence-electron chi connectivity index (χ2n) is 6.93. The van der Waals surface area contributed by atoms with E-state index in [4.69, 9.17) is 0 Å². The predicted octanol–water partition coefficient (Wildman–Crippen LogP) is 4.82. The van der Waals surface area contributed by atoms with Gasteiger partial charge in [-0.2, -0.15) is 10.1 Å². The van der Waals surface area contributed by atoms with E-state index in [1.807, 2.05) is 0 Å². The molecule has 26 heavy (non-hydrogen) atoms. The number of para-hydroxylation sites is 1. The topological polar surface area (TPSA) is 53.9 Å². The van der Waals surface area contributed by atoms with Crippen molar-refractivity contribution in [2.24, 2.45) is 0 Å². The molecule has 2 aromatic carbocycles. The molecule has 1 aliphatic heterocycles. The SMILES string of the molecule is CC(C)c1ccc(Nc2cnnc(N3CCCc4ccccc43)n2)cc1. The molecule has 0 unspecified atom stereocenters. The van der Waals surface area contributed by atoms with Crippen LogP contribution >= 0.6 is 0 Å². The van der Waals surface area contributed by atoms with Crippen LogP contribution in [0, 0.1) is 0 Å². The summed E-state index contributed by atoms with van der Waals surface area (Å²) < 4.78 is 0. The summed E-state index contributed by atoms with van der Waals surface area (Å²) in [5.41, 5.74) is 4.84. The number of aryl methyl sites for hydroxylation is 1. The lowest BCUT2D eigenvalue weighted by Crippen LogP contribution is -2.26. The molecule has 0 aliphatic carbocycles. The number of fused-ring (bicyclic) bond motifs is 1. The summed E-state index contributed by atoms with van der Waals surface area (Å²) in [5, 5.41) is 11.8. The largest absolute Gasteiger partial charge is 0.339 e. The van der Waals surface area contributed by atoms with Crippen molar-refractivity contribution in [2.45, 2.75) is 32.6 Å². The van der Waals surface area contributed by atoms with E-state index in [0.29, 0.717) is 17.7 Å². The average molecular weight is 345 g/mol. The Hall–Kier alpha value is -2.95. The molecule has 3 aromatic rings. The Morgan fingerprint density at radius 3 is 2.65 bits per heavy atom. The van der Waals surface area contributed by atoms with E-state index < -0.39 is 0 Å². The fraction of sp³-hybridized carbons (Fsp3) is 0.286. The lowest BCUT2D eigenvalue weighted by molar-refractivity contribution is 0.742. The van der Waals surface area contributed by atoms with Gasteiger partial charge in [-0.15, -0.1) is 5.10 Å². The first-order valence-electron chi connectivity index (χ1n) is 9.13. The van der Waals surface area contributed by atoms with Gasteiger partial charge in [0.1, 0.15) is 0 Å². The van der Waals surface area contributed by atoms with Gasteiger partial charge in [-0.25, -0.2) is 0 Å². The summed E-state index contributed by atoms with van der Waals surface area (Å²) in [5.74, 6) is 1.87. The van der Waals surface area contributed by atoms with E-state index in [1.54, 1.807) is 6.20 Å². The number of anilines is 4. The normalized spacial score (nSPS) is 13.6. The minimum Gasteiger partial charge on any atom is -0.339 e. The minimum absolute atomic E-state index is 0.524. The van der Waals surface area contributed by atoms with Gasteiger partial charge < -0.3 is 10.2 Å². The molecule has 0 fully saturated rings. The molecule has 1 aliphatic rings. The third kappa shape index (κ3) is 3.38. The summed E-state index contributed by atoms with van der Waals surface area (Å²) in [6, 6.07) is 16.9. The van der Waals surface area contributed by atoms with Crippen molar-refractivity contribution in [2.75, 3.05) is 16.8 Å². The first-order chi connectivity index (χ1) is 12.7. The van der Waals surface area contributed by atoms with Gasteiger partial charge in [0.05, 0.1) is 6.20 Å². The molecule has 5 heteroatoms. The Morgan fingerprint density at radius 2 is 1.85 bits per heavy atom. The van der Waals surface area contributed by atoms with Crippen LogP contribution in [0.1, 0.15) is 37.3 Å². The zero-order valence-corrected chi connectivity index (χ0v) is 15.2. The minimum atomic E-state index is 0.524. The molecule has 2 heterocycles. The maximum Gasteiger partial charge on any atom is 0.251 e. The molecule has 1 N–H and O–H groups in total. The molecule has 5 nitrogen and oxygen atoms in total. The van der Waals surface area contributed by atoms with Gasteiger partial charge >= 0.3 is 0 Å². The molecule has 0 radical (unpaired) electrons. The molecule has 0 bridgehead atoms. The van der Waals surface area contributed by atoms with Gasteiger partial charge in [0.2, 0.25) is 0 Å². The molecule has 0 atom stereocenters. The number of rotatable bonds is 4. The Morgan fingerprint density at radius 1 is 1.04 bits per heavy atom. The number of hydrogen-bond acceptors (Lipinski definition) is 5. The van der Waals surface area contributed by atoms with E-state index in [2.05, 4.69) is 87.8 Å². The number of nitrogens with zero attached hydrogens (tertiary/aromatic N) is 4. The molecule has 0 saturated carbocycles. The van der Waals surface area contributed by atoms with Crippen molar-refractivity contribution < 1.29 is 0 Å². The zero-order chi connectivity index (χ0) is 17.9. The molecular weight excluding hydrogens is 322 g/mol. The van der Waals surface area contributed by atoms with Crippen LogP contribution in [0.4, 0.5) is 23.1 Å². The number of hydrogen-bond donors (Lipinski definition) is 1. The second kappa shape index (κ2) is 7.12. The Balaban J connectivity index is 1.58. The first kappa shape index (κ1) is 16.5. The van der Waals surface area contributed by atoms with Crippen molar-refractivity contribution in [3.05, 3.63) is 65.9 Å². The van der Waals surface area contributed by atoms with Crippen LogP contribution in [0.5, 0.6) is 0 Å². The molecule has 1 aromatic heterocycles. The van der Waals surface area contributed by atoms with Gasteiger partial charge in [-0.05, 0) is 48.1 Å². The van der Waals surface area contributed by atoms with E-state index in [9.17, 15) is 0 Å². The van der Waals surface area contributed by atoms with Gasteiger partial charge in [-0.1, -0.05) is 44.2 Å². The van der Waals surface area contributed by atoms with E-state index in [0.717, 1.165) is 25.1 Å². The highest BCUT2D eigenvalue weighted by atomic mass is 15.3.